The number of benzene rings is 2. The first kappa shape index (κ1) is 20.8. The third-order valence-corrected chi connectivity index (χ3v) is 6.99. The lowest BCUT2D eigenvalue weighted by Crippen LogP contribution is -2.30. The summed E-state index contributed by atoms with van der Waals surface area (Å²) >= 11 is 7.23. The fourth-order valence-electron chi connectivity index (χ4n) is 2.30. The molecule has 0 unspecified atom stereocenters. The Balaban J connectivity index is 1.96. The Morgan fingerprint density at radius 1 is 1.04 bits per heavy atom. The SMILES string of the molecule is CCN(CC)S(=O)(=O)c1ccc(NC(=O)CSc2ccc(Cl)cc2)cc1. The topological polar surface area (TPSA) is 66.5 Å². The molecule has 140 valence electrons. The van der Waals surface area contributed by atoms with Crippen LogP contribution >= 0.6 is 23.4 Å². The first-order valence-corrected chi connectivity index (χ1v) is 11.0. The van der Waals surface area contributed by atoms with E-state index < -0.39 is 10.0 Å². The van der Waals surface area contributed by atoms with Gasteiger partial charge >= 0.3 is 0 Å². The zero-order valence-electron chi connectivity index (χ0n) is 14.6. The number of sulfonamides is 1. The Morgan fingerprint density at radius 3 is 2.15 bits per heavy atom. The van der Waals surface area contributed by atoms with Crippen LogP contribution in [0.5, 0.6) is 0 Å². The number of carbonyl (C=O) groups excluding carboxylic acids is 1. The predicted molar refractivity (Wildman–Crippen MR) is 107 cm³/mol. The van der Waals surface area contributed by atoms with Crippen molar-refractivity contribution in [2.45, 2.75) is 23.6 Å². The van der Waals surface area contributed by atoms with Crippen molar-refractivity contribution in [3.63, 3.8) is 0 Å². The quantitative estimate of drug-likeness (QED) is 0.663. The van der Waals surface area contributed by atoms with Gasteiger partial charge in [-0.05, 0) is 48.5 Å². The van der Waals surface area contributed by atoms with Crippen LogP contribution in [0.4, 0.5) is 5.69 Å². The van der Waals surface area contributed by atoms with Gasteiger partial charge in [0.05, 0.1) is 10.6 Å². The van der Waals surface area contributed by atoms with Crippen LogP contribution in [0, 0.1) is 0 Å². The first-order valence-electron chi connectivity index (χ1n) is 8.15. The summed E-state index contributed by atoms with van der Waals surface area (Å²) in [7, 11) is -3.49. The number of nitrogens with one attached hydrogen (secondary N) is 1. The monoisotopic (exact) mass is 412 g/mol. The van der Waals surface area contributed by atoms with Gasteiger partial charge in [0.1, 0.15) is 0 Å². The number of thioether (sulfide) groups is 1. The number of halogens is 1. The van der Waals surface area contributed by atoms with Gasteiger partial charge in [-0.15, -0.1) is 11.8 Å². The van der Waals surface area contributed by atoms with Gasteiger partial charge in [0.2, 0.25) is 15.9 Å². The maximum absolute atomic E-state index is 12.4. The van der Waals surface area contributed by atoms with Gasteiger partial charge in [0.25, 0.3) is 0 Å². The van der Waals surface area contributed by atoms with Gasteiger partial charge in [-0.2, -0.15) is 4.31 Å². The minimum absolute atomic E-state index is 0.163. The van der Waals surface area contributed by atoms with E-state index in [4.69, 9.17) is 11.6 Å². The van der Waals surface area contributed by atoms with Gasteiger partial charge < -0.3 is 5.32 Å². The molecule has 8 heteroatoms. The minimum Gasteiger partial charge on any atom is -0.325 e. The average Bonchev–Trinajstić information content (AvgIpc) is 2.62. The molecule has 0 aliphatic heterocycles. The number of anilines is 1. The molecule has 0 aromatic heterocycles. The zero-order chi connectivity index (χ0) is 19.2. The molecule has 0 fully saturated rings. The lowest BCUT2D eigenvalue weighted by atomic mass is 10.3. The van der Waals surface area contributed by atoms with Crippen LogP contribution < -0.4 is 5.32 Å². The van der Waals surface area contributed by atoms with Crippen LogP contribution in [-0.2, 0) is 14.8 Å². The first-order chi connectivity index (χ1) is 12.4. The Hall–Kier alpha value is -1.54. The summed E-state index contributed by atoms with van der Waals surface area (Å²) in [4.78, 5) is 13.2. The molecule has 5 nitrogen and oxygen atoms in total. The van der Waals surface area contributed by atoms with E-state index in [1.807, 2.05) is 12.1 Å². The lowest BCUT2D eigenvalue weighted by molar-refractivity contribution is -0.113. The van der Waals surface area contributed by atoms with Gasteiger partial charge in [0.15, 0.2) is 0 Å². The number of amides is 1. The molecular formula is C18H21ClN2O3S2. The summed E-state index contributed by atoms with van der Waals surface area (Å²) in [6.07, 6.45) is 0. The van der Waals surface area contributed by atoms with E-state index in [0.717, 1.165) is 4.90 Å². The highest BCUT2D eigenvalue weighted by Gasteiger charge is 2.21. The van der Waals surface area contributed by atoms with E-state index in [9.17, 15) is 13.2 Å². The Labute approximate surface area is 163 Å². The van der Waals surface area contributed by atoms with Gasteiger partial charge in [0, 0.05) is 28.7 Å². The van der Waals surface area contributed by atoms with E-state index >= 15 is 0 Å². The van der Waals surface area contributed by atoms with Crippen LogP contribution in [0.3, 0.4) is 0 Å². The number of rotatable bonds is 8. The Kier molecular flexibility index (Phi) is 7.52. The molecule has 0 saturated carbocycles. The van der Waals surface area contributed by atoms with Crippen molar-refractivity contribution in [2.24, 2.45) is 0 Å². The van der Waals surface area contributed by atoms with Crippen LogP contribution in [0.15, 0.2) is 58.3 Å². The number of hydrogen-bond donors (Lipinski definition) is 1. The molecule has 0 radical (unpaired) electrons. The van der Waals surface area contributed by atoms with Crippen molar-refractivity contribution in [2.75, 3.05) is 24.2 Å². The fraction of sp³-hybridized carbons (Fsp3) is 0.278. The van der Waals surface area contributed by atoms with E-state index in [-0.39, 0.29) is 16.6 Å². The van der Waals surface area contributed by atoms with Crippen LogP contribution in [0.25, 0.3) is 0 Å². The van der Waals surface area contributed by atoms with Crippen molar-refractivity contribution >= 4 is 45.0 Å². The third kappa shape index (κ3) is 5.48. The molecule has 0 bridgehead atoms. The van der Waals surface area contributed by atoms with Gasteiger partial charge in [-0.1, -0.05) is 25.4 Å². The second-order valence-corrected chi connectivity index (χ2v) is 8.83. The fourth-order valence-corrected chi connectivity index (χ4v) is 4.58. The minimum atomic E-state index is -3.49. The van der Waals surface area contributed by atoms with Gasteiger partial charge in [-0.3, -0.25) is 4.79 Å². The van der Waals surface area contributed by atoms with Crippen LogP contribution in [0.1, 0.15) is 13.8 Å². The maximum Gasteiger partial charge on any atom is 0.243 e. The molecule has 0 saturated heterocycles. The lowest BCUT2D eigenvalue weighted by Gasteiger charge is -2.18. The molecule has 1 N–H and O–H groups in total. The summed E-state index contributed by atoms with van der Waals surface area (Å²) in [5.41, 5.74) is 0.560. The predicted octanol–water partition coefficient (Wildman–Crippen LogP) is 4.10. The Morgan fingerprint density at radius 2 is 1.62 bits per heavy atom. The van der Waals surface area contributed by atoms with E-state index in [1.54, 1.807) is 38.1 Å². The summed E-state index contributed by atoms with van der Waals surface area (Å²) in [5, 5.41) is 3.42. The standard InChI is InChI=1S/C18H21ClN2O3S2/c1-3-21(4-2)26(23,24)17-11-7-15(8-12-17)20-18(22)13-25-16-9-5-14(19)6-10-16/h5-12H,3-4,13H2,1-2H3,(H,20,22). The summed E-state index contributed by atoms with van der Waals surface area (Å²) in [5.74, 6) is 0.0884. The molecule has 1 amide bonds. The van der Waals surface area contributed by atoms with Crippen molar-refractivity contribution in [1.82, 2.24) is 4.31 Å². The smallest absolute Gasteiger partial charge is 0.243 e. The van der Waals surface area contributed by atoms with Crippen molar-refractivity contribution in [1.29, 1.82) is 0 Å². The molecular weight excluding hydrogens is 392 g/mol. The molecule has 2 aromatic carbocycles. The zero-order valence-corrected chi connectivity index (χ0v) is 17.0. The molecule has 0 heterocycles. The highest BCUT2D eigenvalue weighted by Crippen LogP contribution is 2.21. The second kappa shape index (κ2) is 9.41. The highest BCUT2D eigenvalue weighted by atomic mass is 35.5. The molecule has 0 atom stereocenters. The van der Waals surface area contributed by atoms with Gasteiger partial charge in [-0.25, -0.2) is 8.42 Å². The van der Waals surface area contributed by atoms with Crippen molar-refractivity contribution in [3.8, 4) is 0 Å². The number of hydrogen-bond acceptors (Lipinski definition) is 4. The van der Waals surface area contributed by atoms with E-state index in [2.05, 4.69) is 5.32 Å². The molecule has 2 rings (SSSR count). The molecule has 0 spiro atoms. The molecule has 2 aromatic rings. The molecule has 0 aliphatic rings. The second-order valence-electron chi connectivity index (χ2n) is 5.40. The molecule has 26 heavy (non-hydrogen) atoms. The maximum atomic E-state index is 12.4. The van der Waals surface area contributed by atoms with Crippen molar-refractivity contribution < 1.29 is 13.2 Å². The van der Waals surface area contributed by atoms with Crippen LogP contribution in [-0.4, -0.2) is 37.5 Å². The normalized spacial score (nSPS) is 11.5. The Bertz CT molecular complexity index is 834. The largest absolute Gasteiger partial charge is 0.325 e. The van der Waals surface area contributed by atoms with E-state index in [0.29, 0.717) is 23.8 Å². The number of carbonyl (C=O) groups is 1. The van der Waals surface area contributed by atoms with Crippen LogP contribution in [0.2, 0.25) is 5.02 Å². The average molecular weight is 413 g/mol. The summed E-state index contributed by atoms with van der Waals surface area (Å²) < 4.78 is 26.3. The summed E-state index contributed by atoms with van der Waals surface area (Å²) in [6, 6.07) is 13.5. The van der Waals surface area contributed by atoms with E-state index in [1.165, 1.54) is 28.2 Å². The third-order valence-electron chi connectivity index (χ3n) is 3.66. The molecule has 0 aliphatic carbocycles. The number of nitrogens with zero attached hydrogens (tertiary/aromatic N) is 1. The summed E-state index contributed by atoms with van der Waals surface area (Å²) in [6.45, 7) is 4.43. The van der Waals surface area contributed by atoms with Crippen molar-refractivity contribution in [3.05, 3.63) is 53.6 Å². The highest BCUT2D eigenvalue weighted by molar-refractivity contribution is 8.00.